The quantitative estimate of drug-likeness (QED) is 0.661. The number of hydrogen-bond acceptors (Lipinski definition) is 2. The Kier molecular flexibility index (Phi) is 5.77. The van der Waals surface area contributed by atoms with Gasteiger partial charge in [0.1, 0.15) is 4.90 Å². The van der Waals surface area contributed by atoms with Crippen LogP contribution in [0.25, 0.3) is 10.8 Å². The van der Waals surface area contributed by atoms with Crippen LogP contribution in [0.3, 0.4) is 0 Å². The summed E-state index contributed by atoms with van der Waals surface area (Å²) in [7, 11) is -4.17. The van der Waals surface area contributed by atoms with Crippen molar-refractivity contribution >= 4 is 20.9 Å². The smallest absolute Gasteiger partial charge is 0.282 e. The van der Waals surface area contributed by atoms with Crippen LogP contribution in [0.2, 0.25) is 0 Å². The van der Waals surface area contributed by atoms with E-state index in [1.54, 1.807) is 18.2 Å². The summed E-state index contributed by atoms with van der Waals surface area (Å²) in [4.78, 5) is -0.0154. The summed E-state index contributed by atoms with van der Waals surface area (Å²) in [5.74, 6) is 0. The zero-order chi connectivity index (χ0) is 13.2. The summed E-state index contributed by atoms with van der Waals surface area (Å²) in [6, 6.07) is 10.6. The zero-order valence-corrected chi connectivity index (χ0v) is 12.9. The SMILES string of the molecule is CCCCc1ccc(S(=O)(=O)O)c2ccccc12.[Ag]. The maximum absolute atomic E-state index is 11.3. The summed E-state index contributed by atoms with van der Waals surface area (Å²) < 4.78 is 31.9. The van der Waals surface area contributed by atoms with Crippen molar-refractivity contribution in [1.82, 2.24) is 0 Å². The molecule has 2 aromatic rings. The van der Waals surface area contributed by atoms with Crippen molar-refractivity contribution < 1.29 is 35.4 Å². The average molecular weight is 372 g/mol. The van der Waals surface area contributed by atoms with Crippen molar-refractivity contribution in [2.24, 2.45) is 0 Å². The molecule has 0 aromatic heterocycles. The van der Waals surface area contributed by atoms with Gasteiger partial charge in [-0.1, -0.05) is 43.7 Å². The molecule has 19 heavy (non-hydrogen) atoms. The number of aryl methyl sites for hydroxylation is 1. The van der Waals surface area contributed by atoms with E-state index in [9.17, 15) is 13.0 Å². The average Bonchev–Trinajstić information content (AvgIpc) is 2.34. The van der Waals surface area contributed by atoms with E-state index >= 15 is 0 Å². The summed E-state index contributed by atoms with van der Waals surface area (Å²) in [6.45, 7) is 2.12. The Hall–Kier alpha value is -0.650. The zero-order valence-electron chi connectivity index (χ0n) is 10.6. The van der Waals surface area contributed by atoms with E-state index in [0.29, 0.717) is 5.39 Å². The topological polar surface area (TPSA) is 54.4 Å². The Balaban J connectivity index is 0.00000180. The van der Waals surface area contributed by atoms with E-state index in [2.05, 4.69) is 6.92 Å². The van der Waals surface area contributed by atoms with Crippen molar-refractivity contribution in [3.8, 4) is 0 Å². The van der Waals surface area contributed by atoms with Crippen LogP contribution in [0.5, 0.6) is 0 Å². The molecule has 2 rings (SSSR count). The van der Waals surface area contributed by atoms with Crippen molar-refractivity contribution in [2.75, 3.05) is 0 Å². The van der Waals surface area contributed by atoms with Gasteiger partial charge in [0.15, 0.2) is 0 Å². The number of benzene rings is 2. The molecule has 0 atom stereocenters. The maximum Gasteiger partial charge on any atom is 0.295 e. The molecule has 0 amide bonds. The van der Waals surface area contributed by atoms with Gasteiger partial charge < -0.3 is 0 Å². The molecule has 3 nitrogen and oxygen atoms in total. The molecule has 1 N–H and O–H groups in total. The van der Waals surface area contributed by atoms with Crippen molar-refractivity contribution in [1.29, 1.82) is 0 Å². The molecule has 0 bridgehead atoms. The maximum atomic E-state index is 11.3. The molecule has 0 unspecified atom stereocenters. The number of unbranched alkanes of at least 4 members (excludes halogenated alkanes) is 1. The first-order valence-electron chi connectivity index (χ1n) is 6.02. The molecule has 1 radical (unpaired) electrons. The predicted molar refractivity (Wildman–Crippen MR) is 72.4 cm³/mol. The fourth-order valence-electron chi connectivity index (χ4n) is 2.14. The number of rotatable bonds is 4. The summed E-state index contributed by atoms with van der Waals surface area (Å²) in [6.07, 6.45) is 3.08. The fraction of sp³-hybridized carbons (Fsp3) is 0.286. The molecule has 0 aliphatic rings. The van der Waals surface area contributed by atoms with Crippen LogP contribution in [0.1, 0.15) is 25.3 Å². The second kappa shape index (κ2) is 6.68. The number of fused-ring (bicyclic) bond motifs is 1. The van der Waals surface area contributed by atoms with Gasteiger partial charge in [0.05, 0.1) is 0 Å². The van der Waals surface area contributed by atoms with Gasteiger partial charge in [-0.05, 0) is 29.9 Å². The molecular formula is C14H16AgO3S. The van der Waals surface area contributed by atoms with E-state index in [1.807, 2.05) is 12.1 Å². The van der Waals surface area contributed by atoms with Crippen LogP contribution in [-0.4, -0.2) is 13.0 Å². The van der Waals surface area contributed by atoms with Crippen LogP contribution in [0, 0.1) is 0 Å². The van der Waals surface area contributed by atoms with Gasteiger partial charge in [0, 0.05) is 27.8 Å². The molecule has 5 heteroatoms. The van der Waals surface area contributed by atoms with Crippen LogP contribution < -0.4 is 0 Å². The molecule has 0 saturated carbocycles. The first-order chi connectivity index (χ1) is 8.54. The van der Waals surface area contributed by atoms with Gasteiger partial charge >= 0.3 is 0 Å². The molecule has 0 aliphatic heterocycles. The fourth-order valence-corrected chi connectivity index (χ4v) is 2.84. The molecule has 0 spiro atoms. The summed E-state index contributed by atoms with van der Waals surface area (Å²) >= 11 is 0. The molecule has 0 heterocycles. The Morgan fingerprint density at radius 3 is 2.26 bits per heavy atom. The Bertz CT molecular complexity index is 665. The van der Waals surface area contributed by atoms with Crippen LogP contribution in [-0.2, 0) is 38.9 Å². The summed E-state index contributed by atoms with van der Waals surface area (Å²) in [5.41, 5.74) is 1.12. The van der Waals surface area contributed by atoms with Gasteiger partial charge in [0.25, 0.3) is 10.1 Å². The third-order valence-electron chi connectivity index (χ3n) is 3.05. The number of hydrogen-bond donors (Lipinski definition) is 1. The Morgan fingerprint density at radius 1 is 1.05 bits per heavy atom. The molecule has 107 valence electrons. The minimum absolute atomic E-state index is 0. The van der Waals surface area contributed by atoms with Crippen molar-refractivity contribution in [2.45, 2.75) is 31.1 Å². The predicted octanol–water partition coefficient (Wildman–Crippen LogP) is 3.43. The van der Waals surface area contributed by atoms with E-state index in [-0.39, 0.29) is 27.3 Å². The molecule has 2 aromatic carbocycles. The molecular weight excluding hydrogens is 356 g/mol. The Morgan fingerprint density at radius 2 is 1.68 bits per heavy atom. The van der Waals surface area contributed by atoms with Crippen LogP contribution in [0.4, 0.5) is 0 Å². The minimum atomic E-state index is -4.17. The third-order valence-corrected chi connectivity index (χ3v) is 3.96. The normalized spacial score (nSPS) is 11.3. The van der Waals surface area contributed by atoms with Crippen LogP contribution in [0.15, 0.2) is 41.3 Å². The van der Waals surface area contributed by atoms with Gasteiger partial charge in [-0.15, -0.1) is 0 Å². The first-order valence-corrected chi connectivity index (χ1v) is 7.46. The van der Waals surface area contributed by atoms with Crippen molar-refractivity contribution in [3.05, 3.63) is 42.0 Å². The van der Waals surface area contributed by atoms with Crippen LogP contribution >= 0.6 is 0 Å². The largest absolute Gasteiger partial charge is 0.295 e. The minimum Gasteiger partial charge on any atom is -0.282 e. The second-order valence-electron chi connectivity index (χ2n) is 4.35. The van der Waals surface area contributed by atoms with E-state index in [4.69, 9.17) is 0 Å². The summed E-state index contributed by atoms with van der Waals surface area (Å²) in [5, 5.41) is 1.50. The van der Waals surface area contributed by atoms with Gasteiger partial charge in [-0.25, -0.2) is 0 Å². The molecule has 0 aliphatic carbocycles. The third kappa shape index (κ3) is 3.68. The van der Waals surface area contributed by atoms with Gasteiger partial charge in [-0.2, -0.15) is 8.42 Å². The van der Waals surface area contributed by atoms with E-state index in [0.717, 1.165) is 30.2 Å². The van der Waals surface area contributed by atoms with E-state index in [1.165, 1.54) is 6.07 Å². The van der Waals surface area contributed by atoms with Gasteiger partial charge in [0.2, 0.25) is 0 Å². The molecule has 0 fully saturated rings. The van der Waals surface area contributed by atoms with Crippen molar-refractivity contribution in [3.63, 3.8) is 0 Å². The van der Waals surface area contributed by atoms with Gasteiger partial charge in [-0.3, -0.25) is 4.55 Å². The molecule has 0 saturated heterocycles. The second-order valence-corrected chi connectivity index (χ2v) is 5.74. The Labute approximate surface area is 129 Å². The van der Waals surface area contributed by atoms with E-state index < -0.39 is 10.1 Å². The standard InChI is InChI=1S/C14H16O3S.Ag/c1-2-3-6-11-9-10-14(18(15,16)17)13-8-5-4-7-12(11)13;/h4-5,7-10H,2-3,6H2,1H3,(H,15,16,17);. The first kappa shape index (κ1) is 16.4. The monoisotopic (exact) mass is 371 g/mol.